The van der Waals surface area contributed by atoms with Crippen molar-refractivity contribution in [1.29, 1.82) is 0 Å². The van der Waals surface area contributed by atoms with Gasteiger partial charge >= 0.3 is 0 Å². The van der Waals surface area contributed by atoms with E-state index >= 15 is 0 Å². The van der Waals surface area contributed by atoms with E-state index in [4.69, 9.17) is 11.5 Å². The Balaban J connectivity index is 0.000000366. The molecule has 0 spiro atoms. The maximum atomic E-state index is 5.52. The minimum absolute atomic E-state index is 0.810. The highest BCUT2D eigenvalue weighted by atomic mass is 14.8. The van der Waals surface area contributed by atoms with Crippen LogP contribution < -0.4 is 22.1 Å². The first-order valence-corrected chi connectivity index (χ1v) is 16.4. The highest BCUT2D eigenvalue weighted by Gasteiger charge is 2.10. The van der Waals surface area contributed by atoms with E-state index in [9.17, 15) is 0 Å². The van der Waals surface area contributed by atoms with Crippen molar-refractivity contribution in [1.82, 2.24) is 10.6 Å². The fraction of sp³-hybridized carbons (Fsp3) is 0.611. The van der Waals surface area contributed by atoms with E-state index in [1.54, 1.807) is 0 Å². The molecule has 4 nitrogen and oxygen atoms in total. The first-order chi connectivity index (χ1) is 19.7. The van der Waals surface area contributed by atoms with Gasteiger partial charge in [0.2, 0.25) is 0 Å². The van der Waals surface area contributed by atoms with Gasteiger partial charge in [-0.1, -0.05) is 100 Å². The highest BCUT2D eigenvalue weighted by Crippen LogP contribution is 2.33. The number of nitrogens with one attached hydrogen (secondary N) is 2. The Labute approximate surface area is 246 Å². The lowest BCUT2D eigenvalue weighted by molar-refractivity contribution is 0.564. The number of hydrogen-bond acceptors (Lipinski definition) is 4. The Morgan fingerprint density at radius 2 is 0.900 bits per heavy atom. The van der Waals surface area contributed by atoms with Crippen LogP contribution in [0.4, 0.5) is 0 Å². The van der Waals surface area contributed by atoms with Gasteiger partial charge in [0.25, 0.3) is 0 Å². The molecule has 0 saturated carbocycles. The van der Waals surface area contributed by atoms with Crippen molar-refractivity contribution >= 4 is 21.5 Å². The summed E-state index contributed by atoms with van der Waals surface area (Å²) in [7, 11) is 0. The molecule has 3 aromatic rings. The SMILES string of the molecule is CCNCCCCCCCCCN.Cc1c2ccccc2c(CCCCCCNCCCCN)c2ccccc12. The van der Waals surface area contributed by atoms with Gasteiger partial charge in [-0.15, -0.1) is 0 Å². The number of hydrogen-bond donors (Lipinski definition) is 4. The molecule has 0 atom stereocenters. The second-order valence-electron chi connectivity index (χ2n) is 11.2. The monoisotopic (exact) mass is 548 g/mol. The maximum absolute atomic E-state index is 5.52. The van der Waals surface area contributed by atoms with Crippen LogP contribution in [0.2, 0.25) is 0 Å². The average molecular weight is 549 g/mol. The summed E-state index contributed by atoms with van der Waals surface area (Å²) in [5.74, 6) is 0. The predicted molar refractivity (Wildman–Crippen MR) is 179 cm³/mol. The van der Waals surface area contributed by atoms with Crippen molar-refractivity contribution < 1.29 is 0 Å². The molecule has 0 aliphatic carbocycles. The standard InChI is InChI=1S/C25H34N2.C11H26N2/c1-20-21-12-5-7-15-23(21)25(24-16-8-6-13-22(20)24)14-4-2-3-10-18-27-19-11-9-17-26;1-2-13-11-9-7-5-3-4-6-8-10-12/h5-8,12-13,15-16,27H,2-4,9-11,14,17-19,26H2,1H3;13H,2-12H2,1H3. The molecule has 0 heterocycles. The molecule has 224 valence electrons. The zero-order valence-corrected chi connectivity index (χ0v) is 25.9. The van der Waals surface area contributed by atoms with Gasteiger partial charge in [0.15, 0.2) is 0 Å². The van der Waals surface area contributed by atoms with Gasteiger partial charge in [0, 0.05) is 0 Å². The number of benzene rings is 3. The first-order valence-electron chi connectivity index (χ1n) is 16.4. The third-order valence-electron chi connectivity index (χ3n) is 7.96. The lowest BCUT2D eigenvalue weighted by Crippen LogP contribution is -2.17. The molecule has 6 N–H and O–H groups in total. The first kappa shape index (κ1) is 34.2. The van der Waals surface area contributed by atoms with Gasteiger partial charge < -0.3 is 22.1 Å². The fourth-order valence-corrected chi connectivity index (χ4v) is 5.59. The molecule has 0 saturated heterocycles. The number of aryl methyl sites for hydroxylation is 2. The van der Waals surface area contributed by atoms with Crippen molar-refractivity contribution in [2.75, 3.05) is 39.3 Å². The molecule has 40 heavy (non-hydrogen) atoms. The second-order valence-corrected chi connectivity index (χ2v) is 11.2. The topological polar surface area (TPSA) is 76.1 Å². The Hall–Kier alpha value is -1.98. The van der Waals surface area contributed by atoms with Crippen molar-refractivity contribution in [3.63, 3.8) is 0 Å². The fourth-order valence-electron chi connectivity index (χ4n) is 5.59. The molecule has 0 unspecified atom stereocenters. The van der Waals surface area contributed by atoms with E-state index < -0.39 is 0 Å². The smallest absolute Gasteiger partial charge is 0.00484 e. The molecule has 0 aromatic heterocycles. The van der Waals surface area contributed by atoms with Crippen LogP contribution in [0.1, 0.15) is 102 Å². The van der Waals surface area contributed by atoms with Gasteiger partial charge in [-0.2, -0.15) is 0 Å². The summed E-state index contributed by atoms with van der Waals surface area (Å²) in [5.41, 5.74) is 13.9. The molecule has 3 rings (SSSR count). The van der Waals surface area contributed by atoms with E-state index in [0.717, 1.165) is 39.1 Å². The summed E-state index contributed by atoms with van der Waals surface area (Å²) >= 11 is 0. The minimum atomic E-state index is 0.810. The predicted octanol–water partition coefficient (Wildman–Crippen LogP) is 8.02. The zero-order chi connectivity index (χ0) is 28.7. The zero-order valence-electron chi connectivity index (χ0n) is 25.9. The highest BCUT2D eigenvalue weighted by molar-refractivity contribution is 6.05. The Morgan fingerprint density at radius 3 is 1.43 bits per heavy atom. The minimum Gasteiger partial charge on any atom is -0.330 e. The molecule has 0 aliphatic rings. The normalized spacial score (nSPS) is 11.2. The third kappa shape index (κ3) is 13.1. The summed E-state index contributed by atoms with van der Waals surface area (Å²) in [6.45, 7) is 10.6. The number of fused-ring (bicyclic) bond motifs is 2. The summed E-state index contributed by atoms with van der Waals surface area (Å²) < 4.78 is 0. The van der Waals surface area contributed by atoms with Gasteiger partial charge in [0.05, 0.1) is 0 Å². The summed E-state index contributed by atoms with van der Waals surface area (Å²) in [5, 5.41) is 12.6. The molecule has 0 aliphatic heterocycles. The molecule has 0 bridgehead atoms. The van der Waals surface area contributed by atoms with Gasteiger partial charge in [-0.3, -0.25) is 0 Å². The van der Waals surface area contributed by atoms with Crippen LogP contribution in [-0.4, -0.2) is 39.3 Å². The lowest BCUT2D eigenvalue weighted by Gasteiger charge is -2.15. The lowest BCUT2D eigenvalue weighted by atomic mass is 9.90. The molecule has 3 aromatic carbocycles. The van der Waals surface area contributed by atoms with Crippen molar-refractivity contribution in [3.8, 4) is 0 Å². The molecule has 4 heteroatoms. The Bertz CT molecular complexity index is 965. The Kier molecular flexibility index (Phi) is 19.4. The maximum Gasteiger partial charge on any atom is -0.00484 e. The van der Waals surface area contributed by atoms with Crippen LogP contribution >= 0.6 is 0 Å². The quantitative estimate of drug-likeness (QED) is 0.0803. The van der Waals surface area contributed by atoms with Gasteiger partial charge in [-0.05, 0) is 124 Å². The second kappa shape index (κ2) is 22.7. The van der Waals surface area contributed by atoms with Gasteiger partial charge in [0.1, 0.15) is 0 Å². The summed E-state index contributed by atoms with van der Waals surface area (Å²) in [4.78, 5) is 0. The van der Waals surface area contributed by atoms with Crippen molar-refractivity contribution in [2.24, 2.45) is 11.5 Å². The molecule has 0 radical (unpaired) electrons. The van der Waals surface area contributed by atoms with Gasteiger partial charge in [-0.25, -0.2) is 0 Å². The average Bonchev–Trinajstić information content (AvgIpc) is 2.99. The van der Waals surface area contributed by atoms with Crippen LogP contribution in [0.25, 0.3) is 21.5 Å². The van der Waals surface area contributed by atoms with Crippen LogP contribution in [0.15, 0.2) is 48.5 Å². The van der Waals surface area contributed by atoms with Crippen LogP contribution in [0.5, 0.6) is 0 Å². The molecular weight excluding hydrogens is 488 g/mol. The van der Waals surface area contributed by atoms with E-state index in [0.29, 0.717) is 0 Å². The Morgan fingerprint density at radius 1 is 0.500 bits per heavy atom. The molecule has 0 fully saturated rings. The van der Waals surface area contributed by atoms with E-state index in [1.807, 2.05) is 0 Å². The van der Waals surface area contributed by atoms with E-state index in [1.165, 1.54) is 123 Å². The number of unbranched alkanes of at least 4 members (excludes halogenated alkanes) is 10. The summed E-state index contributed by atoms with van der Waals surface area (Å²) in [6.07, 6.45) is 18.1. The van der Waals surface area contributed by atoms with E-state index in [-0.39, 0.29) is 0 Å². The van der Waals surface area contributed by atoms with Crippen LogP contribution in [0, 0.1) is 6.92 Å². The van der Waals surface area contributed by atoms with Crippen molar-refractivity contribution in [2.45, 2.75) is 104 Å². The largest absolute Gasteiger partial charge is 0.330 e. The van der Waals surface area contributed by atoms with Crippen molar-refractivity contribution in [3.05, 3.63) is 59.7 Å². The third-order valence-corrected chi connectivity index (χ3v) is 7.96. The summed E-state index contributed by atoms with van der Waals surface area (Å²) in [6, 6.07) is 17.8. The number of rotatable bonds is 21. The van der Waals surface area contributed by atoms with Crippen LogP contribution in [0.3, 0.4) is 0 Å². The molecular formula is C36H60N4. The van der Waals surface area contributed by atoms with E-state index in [2.05, 4.69) is 73.0 Å². The van der Waals surface area contributed by atoms with Crippen LogP contribution in [-0.2, 0) is 6.42 Å². The molecule has 0 amide bonds. The number of nitrogens with two attached hydrogens (primary N) is 2.